The lowest BCUT2D eigenvalue weighted by Gasteiger charge is -2.22. The van der Waals surface area contributed by atoms with Crippen molar-refractivity contribution in [3.05, 3.63) is 0 Å². The summed E-state index contributed by atoms with van der Waals surface area (Å²) in [6.07, 6.45) is 8.18. The van der Waals surface area contributed by atoms with Crippen LogP contribution in [0.25, 0.3) is 0 Å². The minimum absolute atomic E-state index is 0.242. The van der Waals surface area contributed by atoms with E-state index in [0.29, 0.717) is 11.8 Å². The Morgan fingerprint density at radius 1 is 0.762 bits per heavy atom. The molecule has 0 aromatic carbocycles. The predicted octanol–water partition coefficient (Wildman–Crippen LogP) is 4.92. The Balaban J connectivity index is 3.45. The maximum Gasteiger partial charge on any atom is 0.267 e. The van der Waals surface area contributed by atoms with E-state index < -0.39 is 7.82 Å². The van der Waals surface area contributed by atoms with Crippen LogP contribution in [0.4, 0.5) is 0 Å². The Bertz CT molecular complexity index is 255. The van der Waals surface area contributed by atoms with Crippen LogP contribution in [-0.2, 0) is 13.6 Å². The lowest BCUT2D eigenvalue weighted by Crippen LogP contribution is -2.10. The molecule has 128 valence electrons. The number of hydrogen-bond acceptors (Lipinski definition) is 4. The molecule has 0 aliphatic heterocycles. The third-order valence-electron chi connectivity index (χ3n) is 3.35. The Morgan fingerprint density at radius 2 is 1.14 bits per heavy atom. The first-order chi connectivity index (χ1) is 9.83. The Labute approximate surface area is 131 Å². The average molecular weight is 321 g/mol. The Hall–Kier alpha value is 0.110. The van der Waals surface area contributed by atoms with Gasteiger partial charge in [0, 0.05) is 0 Å². The molecule has 0 radical (unpaired) electrons. The minimum Gasteiger partial charge on any atom is -0.756 e. The first-order valence-corrected chi connectivity index (χ1v) is 9.89. The van der Waals surface area contributed by atoms with E-state index in [0.717, 1.165) is 38.5 Å². The van der Waals surface area contributed by atoms with Crippen molar-refractivity contribution in [3.63, 3.8) is 0 Å². The second-order valence-electron chi connectivity index (χ2n) is 6.60. The monoisotopic (exact) mass is 321 g/mol. The number of rotatable bonds is 14. The molecule has 0 atom stereocenters. The molecule has 4 nitrogen and oxygen atoms in total. The quantitative estimate of drug-likeness (QED) is 0.336. The fraction of sp³-hybridized carbons (Fsp3) is 1.00. The summed E-state index contributed by atoms with van der Waals surface area (Å²) >= 11 is 0. The van der Waals surface area contributed by atoms with Gasteiger partial charge in [0.1, 0.15) is 0 Å². The van der Waals surface area contributed by atoms with Crippen molar-refractivity contribution >= 4 is 7.82 Å². The van der Waals surface area contributed by atoms with Gasteiger partial charge < -0.3 is 13.9 Å². The van der Waals surface area contributed by atoms with Crippen LogP contribution in [0.5, 0.6) is 0 Å². The molecule has 0 N–H and O–H groups in total. The first-order valence-electron chi connectivity index (χ1n) is 8.43. The molecule has 21 heavy (non-hydrogen) atoms. The van der Waals surface area contributed by atoms with E-state index in [-0.39, 0.29) is 13.2 Å². The van der Waals surface area contributed by atoms with Crippen LogP contribution in [0.1, 0.15) is 79.1 Å². The molecule has 0 heterocycles. The third-order valence-corrected chi connectivity index (χ3v) is 4.35. The van der Waals surface area contributed by atoms with Crippen LogP contribution in [-0.4, -0.2) is 13.2 Å². The van der Waals surface area contributed by atoms with Crippen LogP contribution >= 0.6 is 7.82 Å². The van der Waals surface area contributed by atoms with E-state index in [1.165, 1.54) is 12.8 Å². The van der Waals surface area contributed by atoms with Crippen molar-refractivity contribution in [3.8, 4) is 0 Å². The first kappa shape index (κ1) is 21.1. The summed E-state index contributed by atoms with van der Waals surface area (Å²) in [6.45, 7) is 9.25. The minimum atomic E-state index is -4.08. The van der Waals surface area contributed by atoms with Gasteiger partial charge in [-0.05, 0) is 24.7 Å². The highest BCUT2D eigenvalue weighted by Gasteiger charge is 2.08. The SMILES string of the molecule is CC(C)CCCCCOP(=O)([O-])OCCCCCC(C)C. The second-order valence-corrected chi connectivity index (χ2v) is 8.01. The van der Waals surface area contributed by atoms with Crippen molar-refractivity contribution < 1.29 is 18.5 Å². The molecule has 0 saturated carbocycles. The van der Waals surface area contributed by atoms with Crippen molar-refractivity contribution in [2.24, 2.45) is 11.8 Å². The highest BCUT2D eigenvalue weighted by atomic mass is 31.2. The van der Waals surface area contributed by atoms with E-state index in [9.17, 15) is 9.46 Å². The number of phosphoric ester groups is 1. The topological polar surface area (TPSA) is 58.6 Å². The molecule has 0 bridgehead atoms. The van der Waals surface area contributed by atoms with E-state index in [2.05, 4.69) is 27.7 Å². The van der Waals surface area contributed by atoms with Crippen LogP contribution in [0.3, 0.4) is 0 Å². The molecule has 0 spiro atoms. The van der Waals surface area contributed by atoms with Crippen molar-refractivity contribution in [1.82, 2.24) is 0 Å². The van der Waals surface area contributed by atoms with Gasteiger partial charge in [0.2, 0.25) is 0 Å². The lowest BCUT2D eigenvalue weighted by molar-refractivity contribution is -0.225. The van der Waals surface area contributed by atoms with Crippen LogP contribution in [0.15, 0.2) is 0 Å². The standard InChI is InChI=1S/C16H35O4P/c1-15(2)11-7-5-9-13-19-21(17,18)20-14-10-6-8-12-16(3)4/h15-16H,5-14H2,1-4H3,(H,17,18)/p-1. The van der Waals surface area contributed by atoms with Crippen LogP contribution in [0, 0.1) is 11.8 Å². The Morgan fingerprint density at radius 3 is 1.48 bits per heavy atom. The van der Waals surface area contributed by atoms with Gasteiger partial charge in [-0.3, -0.25) is 4.57 Å². The van der Waals surface area contributed by atoms with Crippen molar-refractivity contribution in [2.45, 2.75) is 79.1 Å². The molecule has 5 heteroatoms. The maximum atomic E-state index is 11.5. The van der Waals surface area contributed by atoms with Gasteiger partial charge in [0.05, 0.1) is 13.2 Å². The summed E-state index contributed by atoms with van der Waals surface area (Å²) in [6, 6.07) is 0. The highest BCUT2D eigenvalue weighted by molar-refractivity contribution is 7.45. The van der Waals surface area contributed by atoms with Crippen LogP contribution in [0.2, 0.25) is 0 Å². The molecule has 0 rings (SSSR count). The summed E-state index contributed by atoms with van der Waals surface area (Å²) in [7, 11) is -4.08. The fourth-order valence-electron chi connectivity index (χ4n) is 2.05. The van der Waals surface area contributed by atoms with Gasteiger partial charge in [-0.2, -0.15) is 0 Å². The molecular formula is C16H34O4P-. The van der Waals surface area contributed by atoms with Gasteiger partial charge in [0.15, 0.2) is 0 Å². The van der Waals surface area contributed by atoms with Crippen molar-refractivity contribution in [1.29, 1.82) is 0 Å². The molecule has 0 amide bonds. The van der Waals surface area contributed by atoms with Gasteiger partial charge in [-0.25, -0.2) is 0 Å². The van der Waals surface area contributed by atoms with Gasteiger partial charge in [-0.15, -0.1) is 0 Å². The van der Waals surface area contributed by atoms with Gasteiger partial charge in [-0.1, -0.05) is 66.2 Å². The highest BCUT2D eigenvalue weighted by Crippen LogP contribution is 2.38. The largest absolute Gasteiger partial charge is 0.756 e. The zero-order valence-electron chi connectivity index (χ0n) is 14.3. The summed E-state index contributed by atoms with van der Waals surface area (Å²) in [4.78, 5) is 11.5. The number of phosphoric acid groups is 1. The third kappa shape index (κ3) is 16.3. The lowest BCUT2D eigenvalue weighted by atomic mass is 10.1. The van der Waals surface area contributed by atoms with Crippen LogP contribution < -0.4 is 4.89 Å². The molecule has 0 aromatic heterocycles. The zero-order chi connectivity index (χ0) is 16.1. The fourth-order valence-corrected chi connectivity index (χ4v) is 2.83. The molecule has 0 unspecified atom stereocenters. The molecule has 0 aromatic rings. The molecule has 0 aliphatic carbocycles. The summed E-state index contributed by atoms with van der Waals surface area (Å²) in [5, 5.41) is 0. The normalized spacial score (nSPS) is 12.5. The predicted molar refractivity (Wildman–Crippen MR) is 86.1 cm³/mol. The number of hydrogen-bond donors (Lipinski definition) is 0. The molecule has 0 saturated heterocycles. The van der Waals surface area contributed by atoms with E-state index in [1.54, 1.807) is 0 Å². The summed E-state index contributed by atoms with van der Waals surface area (Å²) in [5.74, 6) is 1.41. The van der Waals surface area contributed by atoms with E-state index >= 15 is 0 Å². The average Bonchev–Trinajstić information content (AvgIpc) is 2.37. The molecular weight excluding hydrogens is 287 g/mol. The smallest absolute Gasteiger partial charge is 0.267 e. The summed E-state index contributed by atoms with van der Waals surface area (Å²) in [5.41, 5.74) is 0. The van der Waals surface area contributed by atoms with Crippen molar-refractivity contribution in [2.75, 3.05) is 13.2 Å². The van der Waals surface area contributed by atoms with E-state index in [4.69, 9.17) is 9.05 Å². The molecule has 0 aliphatic rings. The Kier molecular flexibility index (Phi) is 12.7. The molecule has 0 fully saturated rings. The van der Waals surface area contributed by atoms with E-state index in [1.807, 2.05) is 0 Å². The number of unbranched alkanes of at least 4 members (excludes halogenated alkanes) is 4. The zero-order valence-corrected chi connectivity index (χ0v) is 15.2. The van der Waals surface area contributed by atoms with Gasteiger partial charge >= 0.3 is 0 Å². The second kappa shape index (κ2) is 12.6. The van der Waals surface area contributed by atoms with Gasteiger partial charge in [0.25, 0.3) is 7.82 Å². The summed E-state index contributed by atoms with van der Waals surface area (Å²) < 4.78 is 21.2. The maximum absolute atomic E-state index is 11.5.